The molecule has 0 saturated heterocycles. The molecule has 1 aromatic heterocycles. The van der Waals surface area contributed by atoms with Crippen molar-refractivity contribution in [1.82, 2.24) is 14.0 Å². The number of aromatic nitrogens is 2. The van der Waals surface area contributed by atoms with Crippen LogP contribution in [0.25, 0.3) is 10.9 Å². The third-order valence-corrected chi connectivity index (χ3v) is 4.12. The van der Waals surface area contributed by atoms with Gasteiger partial charge in [-0.1, -0.05) is 0 Å². The molecule has 22 heavy (non-hydrogen) atoms. The first-order valence-corrected chi connectivity index (χ1v) is 7.42. The second-order valence-corrected chi connectivity index (χ2v) is 5.92. The fourth-order valence-corrected chi connectivity index (χ4v) is 2.67. The molecule has 2 aromatic rings. The number of aryl methyl sites for hydroxylation is 1. The minimum absolute atomic E-state index is 0.132. The maximum atomic E-state index is 12.6. The summed E-state index contributed by atoms with van der Waals surface area (Å²) in [4.78, 5) is 26.0. The Balaban J connectivity index is 2.57. The van der Waals surface area contributed by atoms with E-state index in [0.717, 1.165) is 13.0 Å². The van der Waals surface area contributed by atoms with Gasteiger partial charge in [0, 0.05) is 19.2 Å². The Morgan fingerprint density at radius 1 is 1.36 bits per heavy atom. The number of amides is 1. The van der Waals surface area contributed by atoms with E-state index in [9.17, 15) is 9.59 Å². The third kappa shape index (κ3) is 3.10. The lowest BCUT2D eigenvalue weighted by Gasteiger charge is -2.14. The van der Waals surface area contributed by atoms with Crippen LogP contribution in [0.5, 0.6) is 0 Å². The zero-order chi connectivity index (χ0) is 16.4. The van der Waals surface area contributed by atoms with E-state index < -0.39 is 5.91 Å². The van der Waals surface area contributed by atoms with Crippen LogP contribution in [0, 0.1) is 4.77 Å². The molecule has 7 heteroatoms. The normalized spacial score (nSPS) is 11.3. The maximum absolute atomic E-state index is 12.6. The topological polar surface area (TPSA) is 73.3 Å². The highest BCUT2D eigenvalue weighted by molar-refractivity contribution is 7.71. The van der Waals surface area contributed by atoms with Crippen LogP contribution in [0.3, 0.4) is 0 Å². The summed E-state index contributed by atoms with van der Waals surface area (Å²) < 4.78 is 3.79. The van der Waals surface area contributed by atoms with Crippen molar-refractivity contribution >= 4 is 29.0 Å². The number of fused-ring (bicyclic) bond motifs is 1. The quantitative estimate of drug-likeness (QED) is 0.838. The summed E-state index contributed by atoms with van der Waals surface area (Å²) in [5.41, 5.74) is 6.14. The molecule has 2 N–H and O–H groups in total. The molecule has 0 aliphatic rings. The Labute approximate surface area is 133 Å². The van der Waals surface area contributed by atoms with Gasteiger partial charge in [-0.2, -0.15) is 0 Å². The van der Waals surface area contributed by atoms with E-state index >= 15 is 0 Å². The molecule has 0 aliphatic carbocycles. The summed E-state index contributed by atoms with van der Waals surface area (Å²) in [6, 6.07) is 4.81. The van der Waals surface area contributed by atoms with E-state index in [4.69, 9.17) is 18.0 Å². The van der Waals surface area contributed by atoms with Crippen molar-refractivity contribution in [2.75, 3.05) is 20.6 Å². The third-order valence-electron chi connectivity index (χ3n) is 3.62. The monoisotopic (exact) mass is 320 g/mol. The van der Waals surface area contributed by atoms with Crippen molar-refractivity contribution < 1.29 is 4.79 Å². The minimum atomic E-state index is -0.525. The van der Waals surface area contributed by atoms with E-state index in [-0.39, 0.29) is 5.56 Å². The molecule has 2 rings (SSSR count). The number of carbonyl (C=O) groups excluding carboxylic acids is 1. The molecule has 0 atom stereocenters. The number of nitrogens with two attached hydrogens (primary N) is 1. The summed E-state index contributed by atoms with van der Waals surface area (Å²) in [6.45, 7) is 1.45. The highest BCUT2D eigenvalue weighted by Crippen LogP contribution is 2.13. The molecule has 6 nitrogen and oxygen atoms in total. The van der Waals surface area contributed by atoms with Gasteiger partial charge in [-0.3, -0.25) is 14.2 Å². The molecule has 1 amide bonds. The molecule has 0 spiro atoms. The van der Waals surface area contributed by atoms with Gasteiger partial charge in [-0.25, -0.2) is 0 Å². The van der Waals surface area contributed by atoms with E-state index in [2.05, 4.69) is 4.90 Å². The summed E-state index contributed by atoms with van der Waals surface area (Å²) in [5.74, 6) is -0.525. The van der Waals surface area contributed by atoms with Crippen LogP contribution in [0.2, 0.25) is 0 Å². The number of benzene rings is 1. The Hall–Kier alpha value is -1.99. The van der Waals surface area contributed by atoms with E-state index in [1.165, 1.54) is 0 Å². The highest BCUT2D eigenvalue weighted by atomic mass is 32.1. The first-order chi connectivity index (χ1) is 10.3. The van der Waals surface area contributed by atoms with Gasteiger partial charge in [-0.05, 0) is 57.5 Å². The maximum Gasteiger partial charge on any atom is 0.262 e. The number of carbonyl (C=O) groups is 1. The largest absolute Gasteiger partial charge is 0.366 e. The van der Waals surface area contributed by atoms with Crippen LogP contribution >= 0.6 is 12.2 Å². The van der Waals surface area contributed by atoms with Crippen LogP contribution in [-0.4, -0.2) is 40.6 Å². The van der Waals surface area contributed by atoms with Gasteiger partial charge in [0.1, 0.15) is 0 Å². The summed E-state index contributed by atoms with van der Waals surface area (Å²) >= 11 is 5.39. The molecule has 0 bridgehead atoms. The second kappa shape index (κ2) is 6.41. The number of nitrogens with zero attached hydrogens (tertiary/aromatic N) is 3. The summed E-state index contributed by atoms with van der Waals surface area (Å²) in [7, 11) is 5.77. The fourth-order valence-electron chi connectivity index (χ4n) is 2.40. The molecule has 0 radical (unpaired) electrons. The Bertz CT molecular complexity index is 836. The van der Waals surface area contributed by atoms with Crippen LogP contribution in [0.1, 0.15) is 16.8 Å². The van der Waals surface area contributed by atoms with Crippen molar-refractivity contribution in [1.29, 1.82) is 0 Å². The summed E-state index contributed by atoms with van der Waals surface area (Å²) in [6.07, 6.45) is 0.835. The van der Waals surface area contributed by atoms with Gasteiger partial charge in [-0.15, -0.1) is 0 Å². The molecule has 1 heterocycles. The average Bonchev–Trinajstić information content (AvgIpc) is 2.47. The van der Waals surface area contributed by atoms with Crippen LogP contribution < -0.4 is 11.3 Å². The molecular formula is C15H20N4O2S. The predicted molar refractivity (Wildman–Crippen MR) is 89.7 cm³/mol. The second-order valence-electron chi connectivity index (χ2n) is 5.55. The van der Waals surface area contributed by atoms with E-state index in [1.54, 1.807) is 34.4 Å². The zero-order valence-corrected chi connectivity index (χ0v) is 13.8. The Kier molecular flexibility index (Phi) is 4.77. The van der Waals surface area contributed by atoms with Crippen molar-refractivity contribution in [2.24, 2.45) is 12.8 Å². The van der Waals surface area contributed by atoms with Gasteiger partial charge in [0.05, 0.1) is 10.9 Å². The molecule has 0 unspecified atom stereocenters. The van der Waals surface area contributed by atoms with Gasteiger partial charge >= 0.3 is 0 Å². The van der Waals surface area contributed by atoms with Crippen molar-refractivity contribution in [2.45, 2.75) is 13.0 Å². The van der Waals surface area contributed by atoms with Crippen LogP contribution in [0.4, 0.5) is 0 Å². The molecular weight excluding hydrogens is 300 g/mol. The molecule has 118 valence electrons. The lowest BCUT2D eigenvalue weighted by molar-refractivity contribution is 0.100. The number of primary amides is 1. The van der Waals surface area contributed by atoms with Crippen LogP contribution in [-0.2, 0) is 13.6 Å². The Morgan fingerprint density at radius 2 is 2.05 bits per heavy atom. The standard InChI is InChI=1S/C15H20N4O2S/c1-17(2)7-4-8-19-14(21)11-6-5-10(13(16)20)9-12(11)18(3)15(19)22/h5-6,9H,4,7-8H2,1-3H3,(H2,16,20). The average molecular weight is 320 g/mol. The molecule has 1 aromatic carbocycles. The van der Waals surface area contributed by atoms with Gasteiger partial charge < -0.3 is 15.2 Å². The number of hydrogen-bond acceptors (Lipinski definition) is 4. The lowest BCUT2D eigenvalue weighted by atomic mass is 10.1. The van der Waals surface area contributed by atoms with E-state index in [1.807, 2.05) is 14.1 Å². The Morgan fingerprint density at radius 3 is 2.64 bits per heavy atom. The zero-order valence-electron chi connectivity index (χ0n) is 13.0. The SMILES string of the molecule is CN(C)CCCn1c(=O)c2ccc(C(N)=O)cc2n(C)c1=S. The van der Waals surface area contributed by atoms with Crippen molar-refractivity contribution in [3.05, 3.63) is 38.9 Å². The highest BCUT2D eigenvalue weighted by Gasteiger charge is 2.11. The predicted octanol–water partition coefficient (Wildman–Crippen LogP) is 1.12. The lowest BCUT2D eigenvalue weighted by Crippen LogP contribution is -2.27. The van der Waals surface area contributed by atoms with Gasteiger partial charge in [0.25, 0.3) is 5.56 Å². The molecule has 0 aliphatic heterocycles. The van der Waals surface area contributed by atoms with Gasteiger partial charge in [0.2, 0.25) is 5.91 Å². The minimum Gasteiger partial charge on any atom is -0.366 e. The first kappa shape index (κ1) is 16.4. The number of rotatable bonds is 5. The first-order valence-electron chi connectivity index (χ1n) is 7.01. The van der Waals surface area contributed by atoms with Crippen molar-refractivity contribution in [3.8, 4) is 0 Å². The molecule has 0 saturated carbocycles. The molecule has 0 fully saturated rings. The fraction of sp³-hybridized carbons (Fsp3) is 0.400. The number of hydrogen-bond donors (Lipinski definition) is 1. The smallest absolute Gasteiger partial charge is 0.262 e. The van der Waals surface area contributed by atoms with E-state index in [0.29, 0.717) is 27.8 Å². The summed E-state index contributed by atoms with van der Waals surface area (Å²) in [5, 5.41) is 0.533. The van der Waals surface area contributed by atoms with Crippen molar-refractivity contribution in [3.63, 3.8) is 0 Å². The van der Waals surface area contributed by atoms with Gasteiger partial charge in [0.15, 0.2) is 4.77 Å². The van der Waals surface area contributed by atoms with Crippen LogP contribution in [0.15, 0.2) is 23.0 Å².